The van der Waals surface area contributed by atoms with Gasteiger partial charge < -0.3 is 20.4 Å². The summed E-state index contributed by atoms with van der Waals surface area (Å²) in [4.78, 5) is 23.1. The molecule has 3 aliphatic rings. The molecule has 0 saturated carbocycles. The summed E-state index contributed by atoms with van der Waals surface area (Å²) in [5, 5.41) is 6.94. The van der Waals surface area contributed by atoms with Gasteiger partial charge in [0.1, 0.15) is 21.4 Å². The molecule has 1 fully saturated rings. The van der Waals surface area contributed by atoms with Crippen LogP contribution in [0.5, 0.6) is 0 Å². The molecule has 51 heavy (non-hydrogen) atoms. The van der Waals surface area contributed by atoms with Crippen LogP contribution in [0.3, 0.4) is 0 Å². The average Bonchev–Trinajstić information content (AvgIpc) is 3.67. The zero-order chi connectivity index (χ0) is 34.8. The van der Waals surface area contributed by atoms with Crippen LogP contribution in [0.1, 0.15) is 18.8 Å². The van der Waals surface area contributed by atoms with Gasteiger partial charge in [0.05, 0.1) is 43.7 Å². The van der Waals surface area contributed by atoms with E-state index in [4.69, 9.17) is 33.2 Å². The molecule has 2 N–H and O–H groups in total. The number of hydrogen-bond donors (Lipinski definition) is 2. The number of para-hydroxylation sites is 1. The van der Waals surface area contributed by atoms with Gasteiger partial charge in [0.25, 0.3) is 0 Å². The fourth-order valence-electron chi connectivity index (χ4n) is 5.92. The lowest BCUT2D eigenvalue weighted by atomic mass is 10.2. The number of nitrogens with one attached hydrogen (secondary N) is 2. The van der Waals surface area contributed by atoms with Crippen LogP contribution in [0.4, 0.5) is 43.4 Å². The Bertz CT molecular complexity index is 2120. The molecule has 0 bridgehead atoms. The molecule has 0 amide bonds. The van der Waals surface area contributed by atoms with Crippen LogP contribution in [-0.4, -0.2) is 66.0 Å². The zero-order valence-electron chi connectivity index (χ0n) is 26.4. The fraction of sp³-hybridized carbons (Fsp3) is 0.257. The van der Waals surface area contributed by atoms with Crippen molar-refractivity contribution in [3.05, 3.63) is 106 Å². The summed E-state index contributed by atoms with van der Waals surface area (Å²) >= 11 is 12.2. The minimum Gasteiger partial charge on any atom is -0.367 e. The van der Waals surface area contributed by atoms with Gasteiger partial charge >= 0.3 is 0 Å². The predicted molar refractivity (Wildman–Crippen MR) is 201 cm³/mol. The molecule has 266 valence electrons. The van der Waals surface area contributed by atoms with E-state index in [1.807, 2.05) is 24.3 Å². The van der Waals surface area contributed by atoms with Crippen molar-refractivity contribution >= 4 is 79.4 Å². The summed E-state index contributed by atoms with van der Waals surface area (Å²) in [6.07, 6.45) is 1.26. The Morgan fingerprint density at radius 2 is 1.18 bits per heavy atom. The molecule has 16 heteroatoms. The van der Waals surface area contributed by atoms with Gasteiger partial charge in [-0.25, -0.2) is 18.7 Å². The summed E-state index contributed by atoms with van der Waals surface area (Å²) < 4.78 is 51.3. The van der Waals surface area contributed by atoms with Gasteiger partial charge in [-0.3, -0.25) is 8.42 Å². The van der Waals surface area contributed by atoms with E-state index in [-0.39, 0.29) is 24.3 Å². The largest absolute Gasteiger partial charge is 0.367 e. The maximum absolute atomic E-state index is 13.6. The minimum absolute atomic E-state index is 0. The van der Waals surface area contributed by atoms with E-state index in [9.17, 15) is 17.2 Å². The topological polar surface area (TPSA) is 116 Å². The van der Waals surface area contributed by atoms with E-state index in [0.717, 1.165) is 42.6 Å². The smallest absolute Gasteiger partial charge is 0.227 e. The number of nitrogens with zero attached hydrogens (tertiary/aromatic N) is 6. The van der Waals surface area contributed by atoms with E-state index in [0.29, 0.717) is 68.8 Å². The van der Waals surface area contributed by atoms with Crippen LogP contribution in [0.2, 0.25) is 10.3 Å². The highest BCUT2D eigenvalue weighted by atomic mass is 35.5. The second-order valence-corrected chi connectivity index (χ2v) is 15.3. The third kappa shape index (κ3) is 8.30. The van der Waals surface area contributed by atoms with Crippen LogP contribution in [0.15, 0.2) is 82.6 Å². The number of hydrogen-bond acceptors (Lipinski definition) is 10. The predicted octanol–water partition coefficient (Wildman–Crippen LogP) is 7.32. The Balaban J connectivity index is 0.000000192. The number of benzene rings is 3. The van der Waals surface area contributed by atoms with Crippen LogP contribution < -0.4 is 20.4 Å². The molecule has 2 unspecified atom stereocenters. The monoisotopic (exact) mass is 770 g/mol. The molecule has 1 saturated heterocycles. The van der Waals surface area contributed by atoms with Gasteiger partial charge in [-0.15, -0.1) is 0 Å². The maximum Gasteiger partial charge on any atom is 0.227 e. The standard InChI is InChI=1S/C22H21ClFN5OS.C12H9ClFN3OS.CH4/c23-17-6-1-2-7-19(17)28-9-11-29(12-10-28)22-26-18-8-13-31(30)20(18)21(27-22)25-16-5-3-4-15(24)14-16;13-12-16-9-4-5-19(18)10(9)11(17-12)15-8-3-1-2-7(14)6-8;/h1-7,14H,8-13H2,(H,25,26,27);1-3,6H,4-5H2,(H,15,16,17);1H4. The highest BCUT2D eigenvalue weighted by Crippen LogP contribution is 2.34. The molecule has 8 rings (SSSR count). The SMILES string of the molecule is C.O=S1CCc2nc(Cl)nc(Nc3cccc(F)c3)c21.O=S1CCc2nc(N3CCN(c4ccccc4Cl)CC3)nc(Nc3cccc(F)c3)c21. The maximum atomic E-state index is 13.6. The number of fused-ring (bicyclic) bond motifs is 2. The van der Waals surface area contributed by atoms with E-state index >= 15 is 0 Å². The lowest BCUT2D eigenvalue weighted by molar-refractivity contribution is 0.628. The molecule has 2 atom stereocenters. The summed E-state index contributed by atoms with van der Waals surface area (Å²) in [5.74, 6) is 1.84. The van der Waals surface area contributed by atoms with Gasteiger partial charge in [-0.1, -0.05) is 43.3 Å². The fourth-order valence-corrected chi connectivity index (χ4v) is 8.98. The highest BCUT2D eigenvalue weighted by molar-refractivity contribution is 7.85. The number of aryl methyl sites for hydroxylation is 2. The summed E-state index contributed by atoms with van der Waals surface area (Å²) in [6, 6.07) is 20.0. The van der Waals surface area contributed by atoms with Crippen molar-refractivity contribution in [2.75, 3.05) is 58.1 Å². The number of halogens is 4. The molecule has 3 aliphatic heterocycles. The van der Waals surface area contributed by atoms with Crippen LogP contribution in [0.25, 0.3) is 0 Å². The second kappa shape index (κ2) is 16.0. The molecule has 0 radical (unpaired) electrons. The molecular formula is C35H34Cl2F2N8O2S2. The first-order valence-corrected chi connectivity index (χ1v) is 19.1. The molecule has 2 aromatic heterocycles. The van der Waals surface area contributed by atoms with Crippen molar-refractivity contribution in [3.63, 3.8) is 0 Å². The molecular weight excluding hydrogens is 737 g/mol. The van der Waals surface area contributed by atoms with E-state index in [2.05, 4.69) is 30.4 Å². The first-order valence-electron chi connectivity index (χ1n) is 15.8. The van der Waals surface area contributed by atoms with Crippen molar-refractivity contribution in [1.29, 1.82) is 0 Å². The van der Waals surface area contributed by atoms with E-state index in [1.54, 1.807) is 24.3 Å². The van der Waals surface area contributed by atoms with Crippen molar-refractivity contribution in [1.82, 2.24) is 19.9 Å². The van der Waals surface area contributed by atoms with Crippen molar-refractivity contribution < 1.29 is 17.2 Å². The summed E-state index contributed by atoms with van der Waals surface area (Å²) in [7, 11) is -2.29. The third-order valence-electron chi connectivity index (χ3n) is 8.27. The normalized spacial score (nSPS) is 17.5. The first-order chi connectivity index (χ1) is 24.2. The zero-order valence-corrected chi connectivity index (χ0v) is 29.6. The van der Waals surface area contributed by atoms with Gasteiger partial charge in [0.15, 0.2) is 11.6 Å². The average molecular weight is 772 g/mol. The third-order valence-corrected chi connectivity index (χ3v) is 11.7. The number of piperazine rings is 1. The molecule has 10 nitrogen and oxygen atoms in total. The van der Waals surface area contributed by atoms with Gasteiger partial charge in [-0.2, -0.15) is 9.97 Å². The summed E-state index contributed by atoms with van der Waals surface area (Å²) in [5.41, 5.74) is 3.62. The van der Waals surface area contributed by atoms with Crippen LogP contribution in [-0.2, 0) is 34.4 Å². The van der Waals surface area contributed by atoms with Crippen molar-refractivity contribution in [2.24, 2.45) is 0 Å². The van der Waals surface area contributed by atoms with Crippen LogP contribution in [0, 0.1) is 11.6 Å². The number of anilines is 6. The molecule has 5 heterocycles. The second-order valence-electron chi connectivity index (χ2n) is 11.6. The van der Waals surface area contributed by atoms with Crippen molar-refractivity contribution in [2.45, 2.75) is 30.1 Å². The van der Waals surface area contributed by atoms with Crippen molar-refractivity contribution in [3.8, 4) is 0 Å². The Morgan fingerprint density at radius 3 is 1.75 bits per heavy atom. The minimum atomic E-state index is -1.16. The first kappa shape index (κ1) is 36.5. The molecule has 0 spiro atoms. The molecule has 5 aromatic rings. The highest BCUT2D eigenvalue weighted by Gasteiger charge is 2.29. The molecule has 0 aliphatic carbocycles. The molecule has 3 aromatic carbocycles. The Morgan fingerprint density at radius 1 is 0.647 bits per heavy atom. The number of aromatic nitrogens is 4. The Kier molecular flexibility index (Phi) is 11.4. The van der Waals surface area contributed by atoms with Gasteiger partial charge in [-0.05, 0) is 60.1 Å². The Hall–Kier alpha value is -4.24. The number of rotatable bonds is 6. The Labute approximate surface area is 309 Å². The van der Waals surface area contributed by atoms with Gasteiger partial charge in [0.2, 0.25) is 11.2 Å². The van der Waals surface area contributed by atoms with Crippen LogP contribution >= 0.6 is 23.2 Å². The summed E-state index contributed by atoms with van der Waals surface area (Å²) in [6.45, 7) is 3.07. The van der Waals surface area contributed by atoms with Gasteiger partial charge in [0, 0.05) is 61.9 Å². The quantitative estimate of drug-likeness (QED) is 0.170. The lowest BCUT2D eigenvalue weighted by Crippen LogP contribution is -2.47. The van der Waals surface area contributed by atoms with E-state index < -0.39 is 21.6 Å². The lowest BCUT2D eigenvalue weighted by Gasteiger charge is -2.36. The van der Waals surface area contributed by atoms with E-state index in [1.165, 1.54) is 24.3 Å².